The van der Waals surface area contributed by atoms with Crippen molar-refractivity contribution in [2.45, 2.75) is 57.3 Å². The maximum absolute atomic E-state index is 14.5. The first-order valence-electron chi connectivity index (χ1n) is 13.1. The molecule has 2 aromatic heterocycles. The van der Waals surface area contributed by atoms with Crippen molar-refractivity contribution in [2.75, 3.05) is 13.2 Å². The average molecular weight is 506 g/mol. The Morgan fingerprint density at radius 2 is 1.86 bits per heavy atom. The molecule has 6 nitrogen and oxygen atoms in total. The molecule has 1 saturated heterocycles. The topological polar surface area (TPSA) is 80.1 Å². The first-order chi connectivity index (χ1) is 17.8. The lowest BCUT2D eigenvalue weighted by molar-refractivity contribution is -0.155. The summed E-state index contributed by atoms with van der Waals surface area (Å²) in [4.78, 5) is 11.5. The molecular weight excluding hydrogens is 476 g/mol. The van der Waals surface area contributed by atoms with Gasteiger partial charge in [0.05, 0.1) is 23.1 Å². The number of H-pyrrole nitrogens is 1. The Kier molecular flexibility index (Phi) is 5.02. The highest BCUT2D eigenvalue weighted by Crippen LogP contribution is 2.65. The van der Waals surface area contributed by atoms with Crippen LogP contribution in [-0.2, 0) is 9.53 Å². The fraction of sp³-hybridized carbons (Fsp3) is 0.448. The molecule has 0 atom stereocenters. The van der Waals surface area contributed by atoms with Crippen LogP contribution in [-0.4, -0.2) is 39.1 Å². The molecule has 3 heterocycles. The number of ether oxygens (including phenoxy) is 1. The number of carboxylic acid groups (broad SMARTS) is 1. The summed E-state index contributed by atoms with van der Waals surface area (Å²) >= 11 is 0. The second-order valence-corrected chi connectivity index (χ2v) is 11.4. The highest BCUT2D eigenvalue weighted by molar-refractivity contribution is 6.02. The Labute approximate surface area is 212 Å². The van der Waals surface area contributed by atoms with E-state index in [0.29, 0.717) is 24.8 Å². The zero-order chi connectivity index (χ0) is 25.5. The summed E-state index contributed by atoms with van der Waals surface area (Å²) < 4.78 is 36.4. The van der Waals surface area contributed by atoms with Crippen molar-refractivity contribution in [2.24, 2.45) is 11.3 Å². The van der Waals surface area contributed by atoms with E-state index >= 15 is 0 Å². The molecule has 0 radical (unpaired) electrons. The predicted molar refractivity (Wildman–Crippen MR) is 135 cm³/mol. The predicted octanol–water partition coefficient (Wildman–Crippen LogP) is 6.35. The molecule has 2 saturated carbocycles. The van der Waals surface area contributed by atoms with Gasteiger partial charge in [-0.2, -0.15) is 5.10 Å². The van der Waals surface area contributed by atoms with Crippen LogP contribution in [0.5, 0.6) is 0 Å². The number of carboxylic acids is 1. The summed E-state index contributed by atoms with van der Waals surface area (Å²) in [6.07, 6.45) is 6.95. The summed E-state index contributed by atoms with van der Waals surface area (Å²) in [6, 6.07) is 6.26. The van der Waals surface area contributed by atoms with Crippen LogP contribution in [0, 0.1) is 29.9 Å². The van der Waals surface area contributed by atoms with Crippen molar-refractivity contribution in [1.82, 2.24) is 14.8 Å². The highest BCUT2D eigenvalue weighted by atomic mass is 19.2. The number of rotatable bonds is 4. The maximum Gasteiger partial charge on any atom is 0.306 e. The van der Waals surface area contributed by atoms with Crippen LogP contribution in [0.3, 0.4) is 0 Å². The third-order valence-electron chi connectivity index (χ3n) is 9.24. The number of hydrogen-bond donors (Lipinski definition) is 2. The van der Waals surface area contributed by atoms with Gasteiger partial charge in [0.2, 0.25) is 0 Å². The van der Waals surface area contributed by atoms with Gasteiger partial charge in [-0.05, 0) is 86.1 Å². The minimum absolute atomic E-state index is 0.114. The normalized spacial score (nSPS) is 26.0. The van der Waals surface area contributed by atoms with Crippen molar-refractivity contribution < 1.29 is 23.4 Å². The van der Waals surface area contributed by atoms with Crippen LogP contribution in [0.15, 0.2) is 30.5 Å². The number of aromatic nitrogens is 3. The van der Waals surface area contributed by atoms with Crippen molar-refractivity contribution in [3.05, 3.63) is 58.9 Å². The number of benzene rings is 2. The number of halogens is 2. The van der Waals surface area contributed by atoms with Gasteiger partial charge in [0.25, 0.3) is 0 Å². The third kappa shape index (κ3) is 3.38. The summed E-state index contributed by atoms with van der Waals surface area (Å²) in [6.45, 7) is 3.44. The maximum atomic E-state index is 14.5. The molecule has 192 valence electrons. The first kappa shape index (κ1) is 22.9. The molecule has 0 bridgehead atoms. The largest absolute Gasteiger partial charge is 0.481 e. The zero-order valence-corrected chi connectivity index (χ0v) is 20.7. The monoisotopic (exact) mass is 505 g/mol. The number of nitrogens with one attached hydrogen (secondary N) is 1. The van der Waals surface area contributed by atoms with Crippen LogP contribution in [0.1, 0.15) is 67.2 Å². The van der Waals surface area contributed by atoms with E-state index in [2.05, 4.69) is 27.8 Å². The summed E-state index contributed by atoms with van der Waals surface area (Å²) in [5, 5.41) is 19.0. The molecule has 1 aliphatic heterocycles. The number of aliphatic carboxylic acids is 1. The summed E-state index contributed by atoms with van der Waals surface area (Å²) in [5.41, 5.74) is 6.25. The quantitative estimate of drug-likeness (QED) is 0.339. The first-order valence-corrected chi connectivity index (χ1v) is 13.1. The Balaban J connectivity index is 1.46. The third-order valence-corrected chi connectivity index (χ3v) is 9.24. The van der Waals surface area contributed by atoms with Gasteiger partial charge in [-0.3, -0.25) is 9.89 Å². The Morgan fingerprint density at radius 1 is 1.11 bits per heavy atom. The number of fused-ring (bicyclic) bond motifs is 2. The number of aromatic amines is 1. The van der Waals surface area contributed by atoms with E-state index in [1.165, 1.54) is 23.4 Å². The Morgan fingerprint density at radius 3 is 2.57 bits per heavy atom. The summed E-state index contributed by atoms with van der Waals surface area (Å²) in [7, 11) is 0. The molecule has 7 rings (SSSR count). The molecule has 4 aromatic rings. The lowest BCUT2D eigenvalue weighted by Crippen LogP contribution is -2.49. The van der Waals surface area contributed by atoms with E-state index in [-0.39, 0.29) is 17.3 Å². The van der Waals surface area contributed by atoms with Crippen molar-refractivity contribution in [3.8, 4) is 5.69 Å². The smallest absolute Gasteiger partial charge is 0.306 e. The van der Waals surface area contributed by atoms with Gasteiger partial charge in [0, 0.05) is 47.4 Å². The minimum Gasteiger partial charge on any atom is -0.481 e. The number of hydrogen-bond acceptors (Lipinski definition) is 3. The highest BCUT2D eigenvalue weighted by Gasteiger charge is 2.56. The molecule has 3 aliphatic rings. The average Bonchev–Trinajstić information content (AvgIpc) is 3.43. The molecule has 3 fully saturated rings. The molecule has 0 amide bonds. The molecular formula is C29H29F2N3O3. The molecule has 2 N–H and O–H groups in total. The van der Waals surface area contributed by atoms with E-state index in [1.807, 2.05) is 0 Å². The van der Waals surface area contributed by atoms with Crippen molar-refractivity contribution in [3.63, 3.8) is 0 Å². The van der Waals surface area contributed by atoms with Gasteiger partial charge in [-0.25, -0.2) is 8.78 Å². The SMILES string of the molecule is Cc1c2[nH]ncc2cc2c1c(C1CC3(CC(C(=O)O)C3)C1)c(C1CCOCC1)n2-c1ccc(F)c(F)c1. The second-order valence-electron chi connectivity index (χ2n) is 11.4. The number of nitrogens with zero attached hydrogens (tertiary/aromatic N) is 2. The van der Waals surface area contributed by atoms with Crippen molar-refractivity contribution in [1.29, 1.82) is 0 Å². The molecule has 2 aromatic carbocycles. The van der Waals surface area contributed by atoms with Crippen LogP contribution in [0.25, 0.3) is 27.5 Å². The Hall–Kier alpha value is -3.26. The van der Waals surface area contributed by atoms with E-state index in [4.69, 9.17) is 4.74 Å². The van der Waals surface area contributed by atoms with Crippen LogP contribution in [0.4, 0.5) is 8.78 Å². The summed E-state index contributed by atoms with van der Waals surface area (Å²) in [5.74, 6) is -2.13. The number of aryl methyl sites for hydroxylation is 1. The van der Waals surface area contributed by atoms with Gasteiger partial charge in [0.1, 0.15) is 0 Å². The van der Waals surface area contributed by atoms with Gasteiger partial charge in [0.15, 0.2) is 11.6 Å². The fourth-order valence-electron chi connectivity index (χ4n) is 7.51. The molecule has 0 unspecified atom stereocenters. The molecule has 8 heteroatoms. The molecule has 2 aliphatic carbocycles. The van der Waals surface area contributed by atoms with E-state index in [9.17, 15) is 18.7 Å². The minimum atomic E-state index is -0.864. The van der Waals surface area contributed by atoms with E-state index < -0.39 is 17.6 Å². The van der Waals surface area contributed by atoms with Crippen molar-refractivity contribution >= 4 is 27.8 Å². The molecule has 1 spiro atoms. The zero-order valence-electron chi connectivity index (χ0n) is 20.7. The van der Waals surface area contributed by atoms with Gasteiger partial charge in [-0.1, -0.05) is 0 Å². The molecule has 37 heavy (non-hydrogen) atoms. The van der Waals surface area contributed by atoms with Gasteiger partial charge in [-0.15, -0.1) is 0 Å². The second kappa shape index (κ2) is 8.12. The van der Waals surface area contributed by atoms with Crippen LogP contribution < -0.4 is 0 Å². The number of carbonyl (C=O) groups is 1. The Bertz CT molecular complexity index is 1550. The van der Waals surface area contributed by atoms with Gasteiger partial charge < -0.3 is 14.4 Å². The standard InChI is InChI=1S/C29H29F2N3O3/c1-15-24-23(8-17-14-32-33-26(15)17)34(20-2-3-21(30)22(31)9-20)27(16-4-6-37-7-5-16)25(24)18-10-29(11-18)12-19(13-29)28(35)36/h2-3,8-9,14,16,18-19H,4-7,10-13H2,1H3,(H,32,33)(H,35,36). The van der Waals surface area contributed by atoms with E-state index in [1.54, 1.807) is 12.3 Å². The van der Waals surface area contributed by atoms with Gasteiger partial charge >= 0.3 is 5.97 Å². The lowest BCUT2D eigenvalue weighted by Gasteiger charge is -2.57. The lowest BCUT2D eigenvalue weighted by atomic mass is 9.47. The fourth-order valence-corrected chi connectivity index (χ4v) is 7.51. The van der Waals surface area contributed by atoms with E-state index in [0.717, 1.165) is 65.9 Å². The van der Waals surface area contributed by atoms with Crippen LogP contribution >= 0.6 is 0 Å². The van der Waals surface area contributed by atoms with Crippen LogP contribution in [0.2, 0.25) is 0 Å².